The van der Waals surface area contributed by atoms with Crippen LogP contribution in [0.15, 0.2) is 35.7 Å². The maximum Gasteiger partial charge on any atom is 0.0621 e. The summed E-state index contributed by atoms with van der Waals surface area (Å²) in [5, 5.41) is 12.6. The largest absolute Gasteiger partial charge is 0.392 e. The number of aliphatic hydroxyl groups excluding tert-OH is 1. The zero-order valence-corrected chi connectivity index (χ0v) is 13.7. The lowest BCUT2D eigenvalue weighted by Crippen LogP contribution is -2.26. The van der Waals surface area contributed by atoms with Crippen LogP contribution in [-0.4, -0.2) is 17.8 Å². The third-order valence-corrected chi connectivity index (χ3v) is 5.12. The maximum absolute atomic E-state index is 10.5. The minimum Gasteiger partial charge on any atom is -0.392 e. The van der Waals surface area contributed by atoms with Crippen molar-refractivity contribution < 1.29 is 5.11 Å². The van der Waals surface area contributed by atoms with Gasteiger partial charge in [0.15, 0.2) is 0 Å². The summed E-state index contributed by atoms with van der Waals surface area (Å²) in [6, 6.07) is 10.6. The topological polar surface area (TPSA) is 46.2 Å². The van der Waals surface area contributed by atoms with E-state index in [2.05, 4.69) is 49.6 Å². The molecular weight excluding hydrogens is 278 g/mol. The molecule has 0 bridgehead atoms. The Kier molecular flexibility index (Phi) is 5.97. The highest BCUT2D eigenvalue weighted by atomic mass is 32.1. The van der Waals surface area contributed by atoms with Gasteiger partial charge in [0.1, 0.15) is 0 Å². The second-order valence-electron chi connectivity index (χ2n) is 5.72. The van der Waals surface area contributed by atoms with Gasteiger partial charge in [-0.3, -0.25) is 0 Å². The lowest BCUT2D eigenvalue weighted by Gasteiger charge is -2.22. The first-order valence-electron chi connectivity index (χ1n) is 7.59. The summed E-state index contributed by atoms with van der Waals surface area (Å²) in [6.45, 7) is 4.70. The SMILES string of the molecule is Cc1ccc(C(CN)C(O)CCCc2cccs2)cc1C. The Morgan fingerprint density at radius 2 is 2.00 bits per heavy atom. The maximum atomic E-state index is 10.5. The van der Waals surface area contributed by atoms with Gasteiger partial charge in [-0.05, 0) is 61.2 Å². The van der Waals surface area contributed by atoms with Gasteiger partial charge in [0.2, 0.25) is 0 Å². The van der Waals surface area contributed by atoms with Gasteiger partial charge in [-0.15, -0.1) is 11.3 Å². The fraction of sp³-hybridized carbons (Fsp3) is 0.444. The molecule has 1 aromatic heterocycles. The molecule has 0 saturated heterocycles. The van der Waals surface area contributed by atoms with Crippen molar-refractivity contribution in [2.75, 3.05) is 6.54 Å². The Hall–Kier alpha value is -1.16. The number of thiophene rings is 1. The van der Waals surface area contributed by atoms with E-state index in [-0.39, 0.29) is 12.0 Å². The van der Waals surface area contributed by atoms with Gasteiger partial charge in [0.05, 0.1) is 6.10 Å². The molecule has 2 aromatic rings. The number of rotatable bonds is 7. The summed E-state index contributed by atoms with van der Waals surface area (Å²) in [7, 11) is 0. The first-order valence-corrected chi connectivity index (χ1v) is 8.47. The van der Waals surface area contributed by atoms with Crippen molar-refractivity contribution in [2.45, 2.75) is 45.1 Å². The van der Waals surface area contributed by atoms with Crippen molar-refractivity contribution in [1.82, 2.24) is 0 Å². The van der Waals surface area contributed by atoms with E-state index in [1.165, 1.54) is 16.0 Å². The quantitative estimate of drug-likeness (QED) is 0.817. The molecular formula is C18H25NOS. The van der Waals surface area contributed by atoms with Crippen molar-refractivity contribution in [1.29, 1.82) is 0 Å². The monoisotopic (exact) mass is 303 g/mol. The van der Waals surface area contributed by atoms with Crippen LogP contribution in [0, 0.1) is 13.8 Å². The zero-order valence-electron chi connectivity index (χ0n) is 12.9. The second kappa shape index (κ2) is 7.74. The number of hydrogen-bond acceptors (Lipinski definition) is 3. The van der Waals surface area contributed by atoms with Gasteiger partial charge in [0.25, 0.3) is 0 Å². The van der Waals surface area contributed by atoms with Crippen LogP contribution in [0.3, 0.4) is 0 Å². The van der Waals surface area contributed by atoms with Gasteiger partial charge in [-0.1, -0.05) is 24.3 Å². The third-order valence-electron chi connectivity index (χ3n) is 4.18. The molecule has 0 aliphatic rings. The molecule has 0 amide bonds. The van der Waals surface area contributed by atoms with Gasteiger partial charge in [-0.2, -0.15) is 0 Å². The van der Waals surface area contributed by atoms with Crippen LogP contribution in [0.1, 0.15) is 40.3 Å². The van der Waals surface area contributed by atoms with Crippen LogP contribution < -0.4 is 5.73 Å². The zero-order chi connectivity index (χ0) is 15.2. The van der Waals surface area contributed by atoms with Crippen LogP contribution in [0.4, 0.5) is 0 Å². The molecule has 0 fully saturated rings. The number of aryl methyl sites for hydroxylation is 3. The Morgan fingerprint density at radius 1 is 1.19 bits per heavy atom. The van der Waals surface area contributed by atoms with Gasteiger partial charge < -0.3 is 10.8 Å². The smallest absolute Gasteiger partial charge is 0.0621 e. The van der Waals surface area contributed by atoms with Crippen molar-refractivity contribution in [3.05, 3.63) is 57.3 Å². The number of benzene rings is 1. The first kappa shape index (κ1) is 16.2. The van der Waals surface area contributed by atoms with E-state index in [0.717, 1.165) is 24.8 Å². The van der Waals surface area contributed by atoms with Crippen LogP contribution in [0.25, 0.3) is 0 Å². The van der Waals surface area contributed by atoms with E-state index in [9.17, 15) is 5.11 Å². The fourth-order valence-corrected chi connectivity index (χ4v) is 3.40. The van der Waals surface area contributed by atoms with Crippen LogP contribution in [0.5, 0.6) is 0 Å². The van der Waals surface area contributed by atoms with E-state index in [1.807, 2.05) is 0 Å². The minimum atomic E-state index is -0.364. The highest BCUT2D eigenvalue weighted by Gasteiger charge is 2.19. The molecule has 0 saturated carbocycles. The van der Waals surface area contributed by atoms with Gasteiger partial charge in [-0.25, -0.2) is 0 Å². The van der Waals surface area contributed by atoms with E-state index < -0.39 is 0 Å². The molecule has 2 nitrogen and oxygen atoms in total. The van der Waals surface area contributed by atoms with E-state index in [0.29, 0.717) is 6.54 Å². The fourth-order valence-electron chi connectivity index (χ4n) is 2.65. The van der Waals surface area contributed by atoms with Crippen LogP contribution in [-0.2, 0) is 6.42 Å². The Morgan fingerprint density at radius 3 is 2.62 bits per heavy atom. The first-order chi connectivity index (χ1) is 10.1. The molecule has 0 spiro atoms. The summed E-state index contributed by atoms with van der Waals surface area (Å²) in [5.74, 6) is 0.0348. The van der Waals surface area contributed by atoms with Crippen LogP contribution >= 0.6 is 11.3 Å². The molecule has 0 radical (unpaired) electrons. The van der Waals surface area contributed by atoms with Crippen molar-refractivity contribution >= 4 is 11.3 Å². The number of hydrogen-bond donors (Lipinski definition) is 2. The molecule has 1 heterocycles. The van der Waals surface area contributed by atoms with Crippen molar-refractivity contribution in [2.24, 2.45) is 5.73 Å². The lowest BCUT2D eigenvalue weighted by atomic mass is 9.89. The molecule has 114 valence electrons. The third kappa shape index (κ3) is 4.40. The summed E-state index contributed by atoms with van der Waals surface area (Å²) >= 11 is 1.78. The van der Waals surface area contributed by atoms with Crippen molar-refractivity contribution in [3.8, 4) is 0 Å². The summed E-state index contributed by atoms with van der Waals surface area (Å²) in [4.78, 5) is 1.39. The van der Waals surface area contributed by atoms with E-state index in [4.69, 9.17) is 5.73 Å². The lowest BCUT2D eigenvalue weighted by molar-refractivity contribution is 0.133. The Balaban J connectivity index is 1.94. The highest BCUT2D eigenvalue weighted by molar-refractivity contribution is 7.09. The molecule has 2 rings (SSSR count). The van der Waals surface area contributed by atoms with E-state index >= 15 is 0 Å². The molecule has 21 heavy (non-hydrogen) atoms. The molecule has 2 unspecified atom stereocenters. The average molecular weight is 303 g/mol. The van der Waals surface area contributed by atoms with E-state index in [1.54, 1.807) is 11.3 Å². The normalized spacial score (nSPS) is 14.1. The summed E-state index contributed by atoms with van der Waals surface area (Å²) < 4.78 is 0. The molecule has 3 heteroatoms. The van der Waals surface area contributed by atoms with Gasteiger partial charge >= 0.3 is 0 Å². The molecule has 1 aromatic carbocycles. The predicted octanol–water partition coefficient (Wildman–Crippen LogP) is 3.79. The number of nitrogens with two attached hydrogens (primary N) is 1. The molecule has 3 N–H and O–H groups in total. The summed E-state index contributed by atoms with van der Waals surface area (Å²) in [6.07, 6.45) is 2.48. The highest BCUT2D eigenvalue weighted by Crippen LogP contribution is 2.24. The summed E-state index contributed by atoms with van der Waals surface area (Å²) in [5.41, 5.74) is 9.60. The molecule has 0 aliphatic heterocycles. The second-order valence-corrected chi connectivity index (χ2v) is 6.76. The Bertz CT molecular complexity index is 550. The van der Waals surface area contributed by atoms with Gasteiger partial charge in [0, 0.05) is 17.3 Å². The predicted molar refractivity (Wildman–Crippen MR) is 91.0 cm³/mol. The molecule has 0 aliphatic carbocycles. The minimum absolute atomic E-state index is 0.0348. The molecule has 2 atom stereocenters. The van der Waals surface area contributed by atoms with Crippen molar-refractivity contribution in [3.63, 3.8) is 0 Å². The average Bonchev–Trinajstić information content (AvgIpc) is 2.97. The Labute approximate surface area is 131 Å². The number of aliphatic hydroxyl groups is 1. The van der Waals surface area contributed by atoms with Crippen LogP contribution in [0.2, 0.25) is 0 Å². The standard InChI is InChI=1S/C18H25NOS/c1-13-8-9-15(11-14(13)2)17(12-19)18(20)7-3-5-16-6-4-10-21-16/h4,6,8-11,17-18,20H,3,5,7,12,19H2,1-2H3.